The molecule has 0 aliphatic heterocycles. The third kappa shape index (κ3) is 3.66. The number of esters is 1. The van der Waals surface area contributed by atoms with E-state index < -0.39 is 0 Å². The maximum Gasteiger partial charge on any atom is 0.337 e. The van der Waals surface area contributed by atoms with E-state index in [1.54, 1.807) is 18.2 Å². The molecule has 1 saturated carbocycles. The summed E-state index contributed by atoms with van der Waals surface area (Å²) in [4.78, 5) is 11.6. The van der Waals surface area contributed by atoms with E-state index in [9.17, 15) is 4.79 Å². The minimum atomic E-state index is -0.338. The van der Waals surface area contributed by atoms with E-state index in [2.05, 4.69) is 19.2 Å². The molecule has 110 valence electrons. The van der Waals surface area contributed by atoms with Gasteiger partial charge in [0, 0.05) is 6.04 Å². The molecule has 1 aromatic rings. The standard InChI is InChI=1S/C16H22ClNO2/c1-10-6-11(2)8-13(7-10)18-15-9-12(16(19)20-3)4-5-14(15)17/h4-5,9-11,13,18H,6-8H2,1-3H3. The summed E-state index contributed by atoms with van der Waals surface area (Å²) in [6.07, 6.45) is 3.57. The van der Waals surface area contributed by atoms with E-state index in [4.69, 9.17) is 16.3 Å². The highest BCUT2D eigenvalue weighted by Crippen LogP contribution is 2.32. The molecule has 1 aliphatic carbocycles. The normalized spacial score (nSPS) is 26.1. The molecule has 3 nitrogen and oxygen atoms in total. The van der Waals surface area contributed by atoms with Gasteiger partial charge in [0.05, 0.1) is 23.4 Å². The Balaban J connectivity index is 2.13. The fourth-order valence-corrected chi connectivity index (χ4v) is 3.34. The first-order valence-electron chi connectivity index (χ1n) is 7.14. The molecule has 1 aliphatic rings. The Morgan fingerprint density at radius 3 is 2.50 bits per heavy atom. The molecule has 2 atom stereocenters. The van der Waals surface area contributed by atoms with Crippen LogP contribution in [0, 0.1) is 11.8 Å². The molecule has 4 heteroatoms. The topological polar surface area (TPSA) is 38.3 Å². The molecule has 1 fully saturated rings. The van der Waals surface area contributed by atoms with Gasteiger partial charge < -0.3 is 10.1 Å². The molecule has 0 heterocycles. The molecule has 0 aromatic heterocycles. The summed E-state index contributed by atoms with van der Waals surface area (Å²) in [5, 5.41) is 4.13. The van der Waals surface area contributed by atoms with Crippen molar-refractivity contribution in [2.45, 2.75) is 39.2 Å². The largest absolute Gasteiger partial charge is 0.465 e. The van der Waals surface area contributed by atoms with Gasteiger partial charge in [0.1, 0.15) is 0 Å². The van der Waals surface area contributed by atoms with E-state index in [-0.39, 0.29) is 5.97 Å². The third-order valence-electron chi connectivity index (χ3n) is 3.93. The van der Waals surface area contributed by atoms with Crippen molar-refractivity contribution in [3.8, 4) is 0 Å². The van der Waals surface area contributed by atoms with Crippen LogP contribution in [0.4, 0.5) is 5.69 Å². The van der Waals surface area contributed by atoms with Gasteiger partial charge in [0.15, 0.2) is 0 Å². The molecule has 0 saturated heterocycles. The van der Waals surface area contributed by atoms with Crippen molar-refractivity contribution >= 4 is 23.3 Å². The number of carbonyl (C=O) groups excluding carboxylic acids is 1. The average molecular weight is 296 g/mol. The summed E-state index contributed by atoms with van der Waals surface area (Å²) >= 11 is 6.22. The number of benzene rings is 1. The van der Waals surface area contributed by atoms with Gasteiger partial charge in [0.25, 0.3) is 0 Å². The monoisotopic (exact) mass is 295 g/mol. The molecule has 20 heavy (non-hydrogen) atoms. The molecule has 1 N–H and O–H groups in total. The van der Waals surface area contributed by atoms with Crippen molar-refractivity contribution < 1.29 is 9.53 Å². The molecule has 2 rings (SSSR count). The third-order valence-corrected chi connectivity index (χ3v) is 4.26. The van der Waals surface area contributed by atoms with Crippen molar-refractivity contribution in [3.63, 3.8) is 0 Å². The van der Waals surface area contributed by atoms with Crippen LogP contribution in [-0.4, -0.2) is 19.1 Å². The Morgan fingerprint density at radius 2 is 1.90 bits per heavy atom. The minimum Gasteiger partial charge on any atom is -0.465 e. The predicted molar refractivity (Wildman–Crippen MR) is 82.4 cm³/mol. The fraction of sp³-hybridized carbons (Fsp3) is 0.562. The van der Waals surface area contributed by atoms with Crippen LogP contribution in [0.1, 0.15) is 43.5 Å². The van der Waals surface area contributed by atoms with Crippen LogP contribution in [0.2, 0.25) is 5.02 Å². The minimum absolute atomic E-state index is 0.338. The lowest BCUT2D eigenvalue weighted by atomic mass is 9.80. The average Bonchev–Trinajstić information content (AvgIpc) is 2.39. The Bertz CT molecular complexity index is 479. The van der Waals surface area contributed by atoms with E-state index in [0.717, 1.165) is 30.4 Å². The number of hydrogen-bond donors (Lipinski definition) is 1. The van der Waals surface area contributed by atoms with Crippen molar-refractivity contribution in [2.75, 3.05) is 12.4 Å². The maximum atomic E-state index is 11.6. The summed E-state index contributed by atoms with van der Waals surface area (Å²) < 4.78 is 4.75. The van der Waals surface area contributed by atoms with Crippen molar-refractivity contribution in [1.29, 1.82) is 0 Å². The summed E-state index contributed by atoms with van der Waals surface area (Å²) in [5.41, 5.74) is 1.34. The van der Waals surface area contributed by atoms with Crippen LogP contribution in [0.25, 0.3) is 0 Å². The summed E-state index contributed by atoms with van der Waals surface area (Å²) in [5.74, 6) is 1.10. The molecular weight excluding hydrogens is 274 g/mol. The zero-order valence-corrected chi connectivity index (χ0v) is 13.0. The van der Waals surface area contributed by atoms with Gasteiger partial charge in [-0.3, -0.25) is 0 Å². The van der Waals surface area contributed by atoms with E-state index in [0.29, 0.717) is 16.6 Å². The molecule has 2 unspecified atom stereocenters. The molecular formula is C16H22ClNO2. The number of methoxy groups -OCH3 is 1. The van der Waals surface area contributed by atoms with Crippen molar-refractivity contribution in [3.05, 3.63) is 28.8 Å². The van der Waals surface area contributed by atoms with Gasteiger partial charge >= 0.3 is 5.97 Å². The first-order valence-corrected chi connectivity index (χ1v) is 7.51. The van der Waals surface area contributed by atoms with Gasteiger partial charge in [-0.05, 0) is 49.3 Å². The van der Waals surface area contributed by atoms with Crippen LogP contribution in [0.5, 0.6) is 0 Å². The van der Waals surface area contributed by atoms with Crippen LogP contribution in [-0.2, 0) is 4.74 Å². The zero-order valence-electron chi connectivity index (χ0n) is 12.3. The van der Waals surface area contributed by atoms with Crippen LogP contribution in [0.3, 0.4) is 0 Å². The number of carbonyl (C=O) groups is 1. The molecule has 1 aromatic carbocycles. The van der Waals surface area contributed by atoms with Gasteiger partial charge in [-0.25, -0.2) is 4.79 Å². The number of nitrogens with one attached hydrogen (secondary N) is 1. The SMILES string of the molecule is COC(=O)c1ccc(Cl)c(NC2CC(C)CC(C)C2)c1. The maximum absolute atomic E-state index is 11.6. The quantitative estimate of drug-likeness (QED) is 0.842. The zero-order chi connectivity index (χ0) is 14.7. The van der Waals surface area contributed by atoms with Crippen LogP contribution >= 0.6 is 11.6 Å². The molecule has 0 bridgehead atoms. The van der Waals surface area contributed by atoms with Gasteiger partial charge in [-0.2, -0.15) is 0 Å². The molecule has 0 amide bonds. The first kappa shape index (κ1) is 15.2. The highest BCUT2D eigenvalue weighted by atomic mass is 35.5. The van der Waals surface area contributed by atoms with E-state index in [1.807, 2.05) is 0 Å². The summed E-state index contributed by atoms with van der Waals surface area (Å²) in [6, 6.07) is 5.62. The van der Waals surface area contributed by atoms with Gasteiger partial charge in [0.2, 0.25) is 0 Å². The Kier molecular flexibility index (Phi) is 4.92. The number of hydrogen-bond acceptors (Lipinski definition) is 3. The lowest BCUT2D eigenvalue weighted by Gasteiger charge is -2.32. The summed E-state index contributed by atoms with van der Waals surface area (Å²) in [7, 11) is 1.38. The Labute approximate surface area is 125 Å². The smallest absolute Gasteiger partial charge is 0.337 e. The Hall–Kier alpha value is -1.22. The lowest BCUT2D eigenvalue weighted by Crippen LogP contribution is -2.30. The number of rotatable bonds is 3. The summed E-state index contributed by atoms with van der Waals surface area (Å²) in [6.45, 7) is 4.58. The second-order valence-corrected chi connectivity index (χ2v) is 6.35. The van der Waals surface area contributed by atoms with Crippen molar-refractivity contribution in [2.24, 2.45) is 11.8 Å². The van der Waals surface area contributed by atoms with E-state index >= 15 is 0 Å². The second kappa shape index (κ2) is 6.49. The van der Waals surface area contributed by atoms with Crippen molar-refractivity contribution in [1.82, 2.24) is 0 Å². The van der Waals surface area contributed by atoms with Gasteiger partial charge in [-0.1, -0.05) is 25.4 Å². The fourth-order valence-electron chi connectivity index (χ4n) is 3.17. The lowest BCUT2D eigenvalue weighted by molar-refractivity contribution is 0.0601. The first-order chi connectivity index (χ1) is 9.49. The predicted octanol–water partition coefficient (Wildman–Crippen LogP) is 4.36. The number of anilines is 1. The van der Waals surface area contributed by atoms with Crippen LogP contribution < -0.4 is 5.32 Å². The molecule has 0 radical (unpaired) electrons. The molecule has 0 spiro atoms. The van der Waals surface area contributed by atoms with Gasteiger partial charge in [-0.15, -0.1) is 0 Å². The number of halogens is 1. The Morgan fingerprint density at radius 1 is 1.25 bits per heavy atom. The van der Waals surface area contributed by atoms with Crippen LogP contribution in [0.15, 0.2) is 18.2 Å². The number of ether oxygens (including phenoxy) is 1. The highest BCUT2D eigenvalue weighted by molar-refractivity contribution is 6.33. The second-order valence-electron chi connectivity index (χ2n) is 5.94. The highest BCUT2D eigenvalue weighted by Gasteiger charge is 2.24. The van der Waals surface area contributed by atoms with E-state index in [1.165, 1.54) is 13.5 Å².